The average Bonchev–Trinajstić information content (AvgIpc) is 3.86. The highest BCUT2D eigenvalue weighted by Crippen LogP contribution is 2.40. The number of nitrogens with zero attached hydrogens (tertiary/aromatic N) is 7. The predicted molar refractivity (Wildman–Crippen MR) is 190 cm³/mol. The second-order valence-corrected chi connectivity index (χ2v) is 13.8. The van der Waals surface area contributed by atoms with Crippen molar-refractivity contribution in [1.82, 2.24) is 19.7 Å². The van der Waals surface area contributed by atoms with Crippen molar-refractivity contribution < 1.29 is 18.9 Å². The van der Waals surface area contributed by atoms with Crippen molar-refractivity contribution in [2.24, 2.45) is 4.99 Å². The van der Waals surface area contributed by atoms with Crippen LogP contribution in [-0.4, -0.2) is 96.5 Å². The average molecular weight is 711 g/mol. The van der Waals surface area contributed by atoms with E-state index in [0.29, 0.717) is 28.8 Å². The van der Waals surface area contributed by atoms with Gasteiger partial charge >= 0.3 is 0 Å². The van der Waals surface area contributed by atoms with E-state index < -0.39 is 5.79 Å². The zero-order valence-corrected chi connectivity index (χ0v) is 29.1. The lowest BCUT2D eigenvalue weighted by atomic mass is 10.1. The fraction of sp³-hybridized carbons (Fsp3) is 0.382. The molecule has 3 saturated heterocycles. The summed E-state index contributed by atoms with van der Waals surface area (Å²) in [7, 11) is 3.79. The first-order valence-electron chi connectivity index (χ1n) is 15.8. The number of rotatable bonds is 10. The molecule has 3 atom stereocenters. The van der Waals surface area contributed by atoms with Gasteiger partial charge in [-0.3, -0.25) is 0 Å². The Kier molecular flexibility index (Phi) is 9.99. The Hall–Kier alpha value is -3.52. The number of hydrogen-bond acceptors (Lipinski definition) is 10. The van der Waals surface area contributed by atoms with Gasteiger partial charge in [-0.05, 0) is 60.7 Å². The molecule has 11 nitrogen and oxygen atoms in total. The minimum atomic E-state index is -1.15. The van der Waals surface area contributed by atoms with Crippen molar-refractivity contribution in [3.8, 4) is 5.75 Å². The van der Waals surface area contributed by atoms with E-state index >= 15 is 0 Å². The van der Waals surface area contributed by atoms with Crippen LogP contribution in [0.3, 0.4) is 0 Å². The number of hydrogen-bond donors (Lipinski definition) is 0. The third-order valence-electron chi connectivity index (χ3n) is 8.64. The molecule has 0 bridgehead atoms. The molecule has 0 radical (unpaired) electrons. The molecule has 3 unspecified atom stereocenters. The minimum Gasteiger partial charge on any atom is -0.491 e. The third-order valence-corrected chi connectivity index (χ3v) is 10.4. The zero-order valence-electron chi connectivity index (χ0n) is 26.7. The van der Waals surface area contributed by atoms with E-state index in [1.165, 1.54) is 17.7 Å². The van der Waals surface area contributed by atoms with Gasteiger partial charge in [0.2, 0.25) is 5.79 Å². The van der Waals surface area contributed by atoms with Crippen LogP contribution in [-0.2, 0) is 26.5 Å². The minimum absolute atomic E-state index is 0.134. The zero-order chi connectivity index (χ0) is 33.1. The second kappa shape index (κ2) is 14.5. The van der Waals surface area contributed by atoms with Crippen molar-refractivity contribution in [3.05, 3.63) is 95.0 Å². The predicted octanol–water partition coefficient (Wildman–Crippen LogP) is 5.90. The lowest BCUT2D eigenvalue weighted by Crippen LogP contribution is -2.46. The summed E-state index contributed by atoms with van der Waals surface area (Å²) in [6.07, 6.45) is 2.77. The number of halogens is 2. The number of thioether (sulfide) groups is 1. The molecule has 48 heavy (non-hydrogen) atoms. The largest absolute Gasteiger partial charge is 0.491 e. The van der Waals surface area contributed by atoms with Crippen LogP contribution in [0, 0.1) is 0 Å². The van der Waals surface area contributed by atoms with Crippen LogP contribution < -0.4 is 14.5 Å². The lowest BCUT2D eigenvalue weighted by Gasteiger charge is -2.37. The molecule has 1 aromatic heterocycles. The van der Waals surface area contributed by atoms with E-state index in [0.717, 1.165) is 49.3 Å². The maximum atomic E-state index is 6.58. The maximum Gasteiger partial charge on any atom is 0.217 e. The van der Waals surface area contributed by atoms with Crippen molar-refractivity contribution in [1.29, 1.82) is 0 Å². The molecule has 0 saturated carbocycles. The van der Waals surface area contributed by atoms with E-state index in [1.807, 2.05) is 25.2 Å². The van der Waals surface area contributed by atoms with Gasteiger partial charge in [0.1, 0.15) is 43.1 Å². The van der Waals surface area contributed by atoms with E-state index in [4.69, 9.17) is 47.1 Å². The number of anilines is 2. The van der Waals surface area contributed by atoms with Crippen LogP contribution in [0.5, 0.6) is 5.75 Å². The molecule has 0 aliphatic carbocycles. The normalized spacial score (nSPS) is 23.8. The quantitative estimate of drug-likeness (QED) is 0.198. The Balaban J connectivity index is 0.912. The summed E-state index contributed by atoms with van der Waals surface area (Å²) >= 11 is 14.4. The summed E-state index contributed by atoms with van der Waals surface area (Å²) in [6, 6.07) is 22.0. The summed E-state index contributed by atoms with van der Waals surface area (Å²) in [4.78, 5) is 15.8. The summed E-state index contributed by atoms with van der Waals surface area (Å²) in [5, 5.41) is 6.21. The molecule has 0 amide bonds. The summed E-state index contributed by atoms with van der Waals surface area (Å²) in [5.41, 5.74) is 4.15. The van der Waals surface area contributed by atoms with E-state index in [-0.39, 0.29) is 18.1 Å². The Labute approximate surface area is 294 Å². The summed E-state index contributed by atoms with van der Waals surface area (Å²) in [5.74, 6) is -0.381. The van der Waals surface area contributed by atoms with E-state index in [1.54, 1.807) is 42.0 Å². The van der Waals surface area contributed by atoms with Gasteiger partial charge in [-0.25, -0.2) is 14.7 Å². The molecule has 0 N–H and O–H groups in total. The molecule has 0 spiro atoms. The number of amidine groups is 1. The molecule has 7 rings (SSSR count). The van der Waals surface area contributed by atoms with Gasteiger partial charge in [0, 0.05) is 62.3 Å². The van der Waals surface area contributed by atoms with Gasteiger partial charge in [-0.15, -0.1) is 0 Å². The smallest absolute Gasteiger partial charge is 0.217 e. The fourth-order valence-electron chi connectivity index (χ4n) is 6.08. The highest BCUT2D eigenvalue weighted by atomic mass is 35.5. The molecule has 14 heteroatoms. The molecule has 3 aliphatic heterocycles. The number of aromatic nitrogens is 3. The first kappa shape index (κ1) is 33.0. The van der Waals surface area contributed by atoms with Gasteiger partial charge in [0.25, 0.3) is 0 Å². The Morgan fingerprint density at radius 1 is 0.979 bits per heavy atom. The Morgan fingerprint density at radius 3 is 2.31 bits per heavy atom. The first-order chi connectivity index (χ1) is 23.4. The molecular formula is C34H37Cl2N7O4S. The van der Waals surface area contributed by atoms with Gasteiger partial charge in [0.15, 0.2) is 5.17 Å². The number of ether oxygens (including phenoxy) is 4. The van der Waals surface area contributed by atoms with Crippen LogP contribution in [0.15, 0.2) is 84.4 Å². The molecule has 3 aliphatic rings. The number of methoxy groups -OCH3 is 1. The van der Waals surface area contributed by atoms with Gasteiger partial charge in [-0.1, -0.05) is 41.0 Å². The standard InChI is InChI=1S/C34H37Cl2N7O4S/c1-40-18-32(44-2)48-33(40)39-25-4-6-26(7-5-25)41-13-15-42(16-14-41)27-8-10-28(11-9-27)45-19-29-20-46-34(47-29,21-43-23-37-22-38-43)30-12-3-24(35)17-31(30)36/h3-12,17,22-23,29,32H,13-16,18-21H2,1-2H3. The molecular weight excluding hydrogens is 673 g/mol. The van der Waals surface area contributed by atoms with E-state index in [9.17, 15) is 0 Å². The molecule has 3 fully saturated rings. The Bertz CT molecular complexity index is 1710. The number of benzene rings is 3. The molecule has 4 heterocycles. The highest BCUT2D eigenvalue weighted by Gasteiger charge is 2.45. The van der Waals surface area contributed by atoms with Crippen molar-refractivity contribution >= 4 is 57.2 Å². The van der Waals surface area contributed by atoms with Gasteiger partial charge in [0.05, 0.1) is 23.9 Å². The summed E-state index contributed by atoms with van der Waals surface area (Å²) < 4.78 is 26.0. The van der Waals surface area contributed by atoms with Crippen LogP contribution >= 0.6 is 35.0 Å². The monoisotopic (exact) mass is 709 g/mol. The second-order valence-electron chi connectivity index (χ2n) is 11.9. The number of aliphatic imine (C=N–C) groups is 1. The topological polar surface area (TPSA) is 89.7 Å². The van der Waals surface area contributed by atoms with Crippen molar-refractivity contribution in [3.63, 3.8) is 0 Å². The van der Waals surface area contributed by atoms with Crippen molar-refractivity contribution in [2.45, 2.75) is 23.9 Å². The third kappa shape index (κ3) is 7.39. The maximum absolute atomic E-state index is 6.58. The SMILES string of the molecule is COC1CN(C)C(=Nc2ccc(N3CCN(c4ccc(OCC5COC(Cn6cncn6)(c6ccc(Cl)cc6Cl)O5)cc4)CC3)cc2)S1. The molecule has 252 valence electrons. The molecule has 3 aromatic carbocycles. The van der Waals surface area contributed by atoms with Gasteiger partial charge < -0.3 is 33.6 Å². The lowest BCUT2D eigenvalue weighted by molar-refractivity contribution is -0.190. The first-order valence-corrected chi connectivity index (χ1v) is 17.4. The van der Waals surface area contributed by atoms with Crippen LogP contribution in [0.2, 0.25) is 10.0 Å². The Morgan fingerprint density at radius 2 is 1.69 bits per heavy atom. The van der Waals surface area contributed by atoms with Crippen LogP contribution in [0.4, 0.5) is 17.1 Å². The summed E-state index contributed by atoms with van der Waals surface area (Å²) in [6.45, 7) is 5.50. The van der Waals surface area contributed by atoms with E-state index in [2.05, 4.69) is 61.2 Å². The molecule has 4 aromatic rings. The van der Waals surface area contributed by atoms with Crippen molar-refractivity contribution in [2.75, 3.05) is 69.9 Å². The highest BCUT2D eigenvalue weighted by molar-refractivity contribution is 8.14. The van der Waals surface area contributed by atoms with Crippen LogP contribution in [0.1, 0.15) is 5.56 Å². The van der Waals surface area contributed by atoms with Crippen LogP contribution in [0.25, 0.3) is 0 Å². The number of likely N-dealkylation sites (N-methyl/N-ethyl adjacent to an activating group) is 1. The fourth-order valence-corrected chi connectivity index (χ4v) is 7.67. The number of piperazine rings is 1. The van der Waals surface area contributed by atoms with Gasteiger partial charge in [-0.2, -0.15) is 5.10 Å².